The van der Waals surface area contributed by atoms with Gasteiger partial charge in [0.2, 0.25) is 0 Å². The highest BCUT2D eigenvalue weighted by molar-refractivity contribution is 8.14. The maximum absolute atomic E-state index is 5.06. The Morgan fingerprint density at radius 3 is 2.73 bits per heavy atom. The summed E-state index contributed by atoms with van der Waals surface area (Å²) in [5.41, 5.74) is 3.38. The summed E-state index contributed by atoms with van der Waals surface area (Å²) in [5.74, 6) is 0. The van der Waals surface area contributed by atoms with E-state index in [2.05, 4.69) is 50.8 Å². The van der Waals surface area contributed by atoms with Gasteiger partial charge in [0.15, 0.2) is 5.17 Å². The van der Waals surface area contributed by atoms with Crippen LogP contribution in [0.5, 0.6) is 0 Å². The molecule has 6 heteroatoms. The number of nitrogens with zero attached hydrogens (tertiary/aromatic N) is 5. The van der Waals surface area contributed by atoms with Gasteiger partial charge in [-0.1, -0.05) is 24.8 Å². The fraction of sp³-hybridized carbons (Fsp3) is 0.250. The monoisotopic (exact) mass is 361 g/mol. The molecule has 0 bridgehead atoms. The van der Waals surface area contributed by atoms with Gasteiger partial charge in [-0.2, -0.15) is 0 Å². The van der Waals surface area contributed by atoms with Crippen molar-refractivity contribution in [3.05, 3.63) is 78.6 Å². The fourth-order valence-electron chi connectivity index (χ4n) is 3.81. The zero-order valence-electron chi connectivity index (χ0n) is 14.4. The van der Waals surface area contributed by atoms with Crippen LogP contribution < -0.4 is 0 Å². The van der Waals surface area contributed by atoms with Crippen LogP contribution in [-0.2, 0) is 0 Å². The van der Waals surface area contributed by atoms with Crippen LogP contribution in [-0.4, -0.2) is 36.4 Å². The summed E-state index contributed by atoms with van der Waals surface area (Å²) in [4.78, 5) is 16.3. The molecule has 1 saturated heterocycles. The largest absolute Gasteiger partial charge is 0.339 e. The van der Waals surface area contributed by atoms with E-state index < -0.39 is 0 Å². The van der Waals surface area contributed by atoms with E-state index >= 15 is 0 Å². The number of aromatic nitrogens is 3. The standard InChI is InChI=1S/C20H19N5S/c1-14-13-25-19(17-6-4-12-24(17)15-7-10-21-11-8-15)18(23-20(25)26-14)16-5-2-3-9-22-16/h2-12,14,18-19H,13H2,1H3. The van der Waals surface area contributed by atoms with Crippen LogP contribution in [0.2, 0.25) is 0 Å². The van der Waals surface area contributed by atoms with Crippen LogP contribution >= 0.6 is 11.8 Å². The van der Waals surface area contributed by atoms with Gasteiger partial charge in [0, 0.05) is 48.0 Å². The molecular formula is C20H19N5S. The van der Waals surface area contributed by atoms with Crippen LogP contribution in [0.3, 0.4) is 0 Å². The molecule has 26 heavy (non-hydrogen) atoms. The normalized spacial score (nSPS) is 24.6. The molecule has 3 unspecified atom stereocenters. The fourth-order valence-corrected chi connectivity index (χ4v) is 4.91. The highest BCUT2D eigenvalue weighted by atomic mass is 32.2. The first kappa shape index (κ1) is 15.6. The zero-order chi connectivity index (χ0) is 17.5. The van der Waals surface area contributed by atoms with Crippen LogP contribution in [0, 0.1) is 0 Å². The first-order valence-corrected chi connectivity index (χ1v) is 9.69. The highest BCUT2D eigenvalue weighted by Gasteiger charge is 2.44. The molecule has 0 saturated carbocycles. The quantitative estimate of drug-likeness (QED) is 0.711. The van der Waals surface area contributed by atoms with E-state index in [-0.39, 0.29) is 12.1 Å². The summed E-state index contributed by atoms with van der Waals surface area (Å²) in [6.07, 6.45) is 7.64. The molecule has 5 rings (SSSR count). The van der Waals surface area contributed by atoms with Crippen molar-refractivity contribution in [1.82, 2.24) is 19.4 Å². The van der Waals surface area contributed by atoms with Gasteiger partial charge in [-0.05, 0) is 36.4 Å². The van der Waals surface area contributed by atoms with Gasteiger partial charge in [-0.3, -0.25) is 15.0 Å². The van der Waals surface area contributed by atoms with E-state index in [1.807, 2.05) is 54.6 Å². The average Bonchev–Trinajstić information content (AvgIpc) is 3.37. The number of pyridine rings is 2. The number of aliphatic imine (C=N–C) groups is 1. The topological polar surface area (TPSA) is 46.3 Å². The first-order valence-electron chi connectivity index (χ1n) is 8.81. The van der Waals surface area contributed by atoms with Crippen molar-refractivity contribution in [2.45, 2.75) is 24.3 Å². The minimum absolute atomic E-state index is 0.0155. The second-order valence-corrected chi connectivity index (χ2v) is 8.05. The molecule has 0 aromatic carbocycles. The third-order valence-electron chi connectivity index (χ3n) is 4.91. The minimum atomic E-state index is 0.0155. The molecule has 2 aliphatic rings. The lowest BCUT2D eigenvalue weighted by Crippen LogP contribution is -2.30. The van der Waals surface area contributed by atoms with E-state index in [9.17, 15) is 0 Å². The van der Waals surface area contributed by atoms with Crippen molar-refractivity contribution in [2.24, 2.45) is 4.99 Å². The van der Waals surface area contributed by atoms with Crippen molar-refractivity contribution in [2.75, 3.05) is 6.54 Å². The molecule has 0 N–H and O–H groups in total. The Labute approximate surface area is 156 Å². The van der Waals surface area contributed by atoms with Crippen LogP contribution in [0.1, 0.15) is 30.4 Å². The number of amidine groups is 1. The highest BCUT2D eigenvalue weighted by Crippen LogP contribution is 2.47. The van der Waals surface area contributed by atoms with E-state index in [0.29, 0.717) is 5.25 Å². The molecule has 0 radical (unpaired) electrons. The van der Waals surface area contributed by atoms with Crippen LogP contribution in [0.4, 0.5) is 0 Å². The molecule has 0 spiro atoms. The Morgan fingerprint density at radius 2 is 1.92 bits per heavy atom. The molecule has 1 fully saturated rings. The van der Waals surface area contributed by atoms with E-state index in [0.717, 1.165) is 23.1 Å². The van der Waals surface area contributed by atoms with E-state index in [4.69, 9.17) is 4.99 Å². The number of thioether (sulfide) groups is 1. The van der Waals surface area contributed by atoms with Crippen molar-refractivity contribution in [3.8, 4) is 5.69 Å². The van der Waals surface area contributed by atoms with Crippen LogP contribution in [0.25, 0.3) is 5.69 Å². The van der Waals surface area contributed by atoms with Crippen molar-refractivity contribution >= 4 is 16.9 Å². The Balaban J connectivity index is 1.62. The molecule has 3 aromatic rings. The van der Waals surface area contributed by atoms with Gasteiger partial charge >= 0.3 is 0 Å². The number of rotatable bonds is 3. The molecule has 0 amide bonds. The molecular weight excluding hydrogens is 342 g/mol. The Kier molecular flexibility index (Phi) is 3.78. The van der Waals surface area contributed by atoms with Gasteiger partial charge in [0.05, 0.1) is 11.7 Å². The van der Waals surface area contributed by atoms with Gasteiger partial charge in [-0.25, -0.2) is 0 Å². The molecule has 5 nitrogen and oxygen atoms in total. The predicted octanol–water partition coefficient (Wildman–Crippen LogP) is 3.86. The second-order valence-electron chi connectivity index (χ2n) is 6.65. The number of hydrogen-bond acceptors (Lipinski definition) is 5. The lowest BCUT2D eigenvalue weighted by molar-refractivity contribution is 0.312. The number of fused-ring (bicyclic) bond motifs is 1. The molecule has 2 aliphatic heterocycles. The maximum atomic E-state index is 5.06. The SMILES string of the molecule is CC1CN2C(=NC(c3ccccn3)C2c2cccn2-c2ccncc2)S1. The summed E-state index contributed by atoms with van der Waals surface area (Å²) >= 11 is 1.87. The smallest absolute Gasteiger partial charge is 0.160 e. The van der Waals surface area contributed by atoms with Crippen LogP contribution in [0.15, 0.2) is 72.2 Å². The molecule has 3 atom stereocenters. The Morgan fingerprint density at radius 1 is 1.04 bits per heavy atom. The van der Waals surface area contributed by atoms with Crippen molar-refractivity contribution < 1.29 is 0 Å². The van der Waals surface area contributed by atoms with Gasteiger partial charge in [0.1, 0.15) is 6.04 Å². The summed E-state index contributed by atoms with van der Waals surface area (Å²) in [6.45, 7) is 3.28. The van der Waals surface area contributed by atoms with Crippen molar-refractivity contribution in [3.63, 3.8) is 0 Å². The Hall–Kier alpha value is -2.60. The third kappa shape index (κ3) is 2.52. The van der Waals surface area contributed by atoms with E-state index in [1.54, 1.807) is 0 Å². The molecule has 130 valence electrons. The van der Waals surface area contributed by atoms with Gasteiger partial charge < -0.3 is 9.47 Å². The first-order chi connectivity index (χ1) is 12.8. The summed E-state index contributed by atoms with van der Waals surface area (Å²) in [7, 11) is 0. The maximum Gasteiger partial charge on any atom is 0.160 e. The summed E-state index contributed by atoms with van der Waals surface area (Å²) in [6, 6.07) is 14.6. The lowest BCUT2D eigenvalue weighted by atomic mass is 10.0. The molecule has 0 aliphatic carbocycles. The third-order valence-corrected chi connectivity index (χ3v) is 6.01. The summed E-state index contributed by atoms with van der Waals surface area (Å²) < 4.78 is 2.24. The van der Waals surface area contributed by atoms with Crippen molar-refractivity contribution in [1.29, 1.82) is 0 Å². The Bertz CT molecular complexity index is 937. The molecule has 3 aromatic heterocycles. The van der Waals surface area contributed by atoms with Gasteiger partial charge in [-0.15, -0.1) is 0 Å². The lowest BCUT2D eigenvalue weighted by Gasteiger charge is -2.28. The average molecular weight is 361 g/mol. The van der Waals surface area contributed by atoms with E-state index in [1.165, 1.54) is 5.69 Å². The molecule has 5 heterocycles. The van der Waals surface area contributed by atoms with Gasteiger partial charge in [0.25, 0.3) is 0 Å². The second kappa shape index (κ2) is 6.29. The minimum Gasteiger partial charge on any atom is -0.339 e. The zero-order valence-corrected chi connectivity index (χ0v) is 15.3. The summed E-state index contributed by atoms with van der Waals surface area (Å²) in [5, 5.41) is 1.70. The number of hydrogen-bond donors (Lipinski definition) is 0. The predicted molar refractivity (Wildman–Crippen MR) is 104 cm³/mol.